The van der Waals surface area contributed by atoms with E-state index in [2.05, 4.69) is 17.0 Å². The topological polar surface area (TPSA) is 110 Å². The molecule has 0 aromatic carbocycles. The second kappa shape index (κ2) is 8.96. The van der Waals surface area contributed by atoms with E-state index in [-0.39, 0.29) is 18.7 Å². The number of carbonyl (C=O) groups is 1. The number of hydrogen-bond donors (Lipinski definition) is 1. The largest absolute Gasteiger partial charge is 0.463 e. The van der Waals surface area contributed by atoms with Crippen LogP contribution in [0.25, 0.3) is 5.52 Å². The van der Waals surface area contributed by atoms with Crippen molar-refractivity contribution in [2.45, 2.75) is 95.9 Å². The fourth-order valence-electron chi connectivity index (χ4n) is 4.72. The fourth-order valence-corrected chi connectivity index (χ4v) is 4.72. The van der Waals surface area contributed by atoms with Crippen molar-refractivity contribution in [3.63, 3.8) is 0 Å². The summed E-state index contributed by atoms with van der Waals surface area (Å²) in [5.74, 6) is -0.594. The van der Waals surface area contributed by atoms with Crippen LogP contribution in [-0.2, 0) is 29.3 Å². The number of ether oxygens (including phenoxy) is 4. The molecule has 0 saturated carbocycles. The number of unbranched alkanes of at least 4 members (excludes halogenated alkanes) is 4. The number of carbonyl (C=O) groups excluding carboxylic acids is 1. The highest BCUT2D eigenvalue weighted by Crippen LogP contribution is 2.49. The Bertz CT molecular complexity index is 961. The van der Waals surface area contributed by atoms with Gasteiger partial charge in [0.15, 0.2) is 11.6 Å². The van der Waals surface area contributed by atoms with Crippen LogP contribution in [0.15, 0.2) is 18.5 Å². The highest BCUT2D eigenvalue weighted by molar-refractivity contribution is 5.69. The zero-order valence-electron chi connectivity index (χ0n) is 19.4. The molecule has 9 heteroatoms. The molecule has 0 bridgehead atoms. The Morgan fingerprint density at radius 1 is 1.16 bits per heavy atom. The first-order valence-electron chi connectivity index (χ1n) is 11.5. The summed E-state index contributed by atoms with van der Waals surface area (Å²) < 4.78 is 26.2. The normalized spacial score (nSPS) is 28.8. The molecule has 2 aromatic rings. The van der Waals surface area contributed by atoms with Crippen LogP contribution in [-0.4, -0.2) is 51.3 Å². The Balaban J connectivity index is 1.48. The molecule has 2 aliphatic rings. The molecule has 0 radical (unpaired) electrons. The number of fused-ring (bicyclic) bond motifs is 2. The molecule has 0 unspecified atom stereocenters. The lowest BCUT2D eigenvalue weighted by Gasteiger charge is -2.31. The third-order valence-corrected chi connectivity index (χ3v) is 6.32. The number of nitrogens with zero attached hydrogens (tertiary/aromatic N) is 3. The second-order valence-corrected chi connectivity index (χ2v) is 9.29. The van der Waals surface area contributed by atoms with Crippen molar-refractivity contribution in [1.82, 2.24) is 14.6 Å². The molecule has 4 atom stereocenters. The van der Waals surface area contributed by atoms with Crippen molar-refractivity contribution in [2.24, 2.45) is 0 Å². The summed E-state index contributed by atoms with van der Waals surface area (Å²) >= 11 is 0. The van der Waals surface area contributed by atoms with Crippen LogP contribution in [0.4, 0.5) is 5.82 Å². The van der Waals surface area contributed by atoms with Crippen LogP contribution in [0.2, 0.25) is 0 Å². The molecule has 0 spiro atoms. The van der Waals surface area contributed by atoms with E-state index in [1.54, 1.807) is 4.52 Å². The van der Waals surface area contributed by atoms with Crippen molar-refractivity contribution in [3.05, 3.63) is 24.2 Å². The van der Waals surface area contributed by atoms with Gasteiger partial charge in [-0.3, -0.25) is 4.79 Å². The zero-order chi connectivity index (χ0) is 22.9. The van der Waals surface area contributed by atoms with Crippen molar-refractivity contribution >= 4 is 17.3 Å². The van der Waals surface area contributed by atoms with Gasteiger partial charge in [-0.2, -0.15) is 5.10 Å². The maximum Gasteiger partial charge on any atom is 0.305 e. The predicted octanol–water partition coefficient (Wildman–Crippen LogP) is 3.35. The van der Waals surface area contributed by atoms with Gasteiger partial charge in [0.2, 0.25) is 0 Å². The first kappa shape index (κ1) is 22.9. The summed E-state index contributed by atoms with van der Waals surface area (Å²) in [6.45, 7) is 7.99. The van der Waals surface area contributed by atoms with E-state index in [0.29, 0.717) is 17.8 Å². The first-order valence-corrected chi connectivity index (χ1v) is 11.5. The summed E-state index contributed by atoms with van der Waals surface area (Å²) in [5, 5.41) is 4.36. The number of esters is 1. The van der Waals surface area contributed by atoms with Gasteiger partial charge in [-0.15, -0.1) is 0 Å². The molecule has 2 N–H and O–H groups in total. The molecule has 0 amide bonds. The highest BCUT2D eigenvalue weighted by Gasteiger charge is 2.62. The molecule has 2 fully saturated rings. The Kier molecular flexibility index (Phi) is 6.42. The molecule has 0 aliphatic carbocycles. The van der Waals surface area contributed by atoms with Crippen LogP contribution >= 0.6 is 0 Å². The van der Waals surface area contributed by atoms with E-state index in [1.165, 1.54) is 19.2 Å². The third-order valence-electron chi connectivity index (χ3n) is 6.32. The lowest BCUT2D eigenvalue weighted by atomic mass is 9.93. The minimum absolute atomic E-state index is 0.115. The molecule has 4 heterocycles. The zero-order valence-corrected chi connectivity index (χ0v) is 19.4. The Labute approximate surface area is 188 Å². The molecular weight excluding hydrogens is 412 g/mol. The Morgan fingerprint density at radius 3 is 2.72 bits per heavy atom. The molecule has 4 rings (SSSR count). The van der Waals surface area contributed by atoms with E-state index in [1.807, 2.05) is 32.9 Å². The average molecular weight is 447 g/mol. The van der Waals surface area contributed by atoms with Crippen LogP contribution in [0, 0.1) is 0 Å². The summed E-state index contributed by atoms with van der Waals surface area (Å²) in [7, 11) is 0. The molecular formula is C23H34N4O5. The smallest absolute Gasteiger partial charge is 0.305 e. The molecule has 176 valence electrons. The summed E-state index contributed by atoms with van der Waals surface area (Å²) in [6, 6.07) is 3.78. The second-order valence-electron chi connectivity index (χ2n) is 9.29. The number of rotatable bonds is 9. The summed E-state index contributed by atoms with van der Waals surface area (Å²) in [5.41, 5.74) is 6.61. The van der Waals surface area contributed by atoms with Gasteiger partial charge >= 0.3 is 5.97 Å². The number of hydrogen-bond acceptors (Lipinski definition) is 8. The lowest BCUT2D eigenvalue weighted by molar-refractivity contribution is -0.214. The van der Waals surface area contributed by atoms with E-state index in [0.717, 1.165) is 25.0 Å². The number of nitrogens with two attached hydrogens (primary N) is 1. The van der Waals surface area contributed by atoms with E-state index < -0.39 is 23.6 Å². The van der Waals surface area contributed by atoms with Gasteiger partial charge < -0.3 is 24.7 Å². The predicted molar refractivity (Wildman–Crippen MR) is 118 cm³/mol. The fraction of sp³-hybridized carbons (Fsp3) is 0.696. The number of anilines is 1. The van der Waals surface area contributed by atoms with Gasteiger partial charge in [-0.1, -0.05) is 32.6 Å². The van der Waals surface area contributed by atoms with Crippen molar-refractivity contribution < 1.29 is 23.7 Å². The van der Waals surface area contributed by atoms with Crippen molar-refractivity contribution in [1.29, 1.82) is 0 Å². The van der Waals surface area contributed by atoms with Crippen molar-refractivity contribution in [2.75, 3.05) is 12.3 Å². The van der Waals surface area contributed by atoms with Crippen LogP contribution in [0.1, 0.15) is 71.9 Å². The number of nitrogen functional groups attached to an aromatic ring is 1. The number of aromatic nitrogens is 3. The average Bonchev–Trinajstić information content (AvgIpc) is 3.39. The van der Waals surface area contributed by atoms with Gasteiger partial charge in [-0.05, 0) is 39.3 Å². The maximum absolute atomic E-state index is 12.3. The summed E-state index contributed by atoms with van der Waals surface area (Å²) in [6.07, 6.45) is 6.02. The molecule has 2 aromatic heterocycles. The van der Waals surface area contributed by atoms with Gasteiger partial charge in [0.1, 0.15) is 42.4 Å². The van der Waals surface area contributed by atoms with Gasteiger partial charge in [0.05, 0.1) is 5.69 Å². The van der Waals surface area contributed by atoms with E-state index >= 15 is 0 Å². The highest BCUT2D eigenvalue weighted by atomic mass is 16.8. The van der Waals surface area contributed by atoms with Crippen LogP contribution in [0.3, 0.4) is 0 Å². The van der Waals surface area contributed by atoms with Gasteiger partial charge in [0, 0.05) is 6.42 Å². The van der Waals surface area contributed by atoms with E-state index in [9.17, 15) is 4.79 Å². The van der Waals surface area contributed by atoms with E-state index in [4.69, 9.17) is 24.7 Å². The SMILES string of the molecule is CCCCCCCC(=O)OC[C@H]1O[C@@](C)(c2ccc3c(N)ncnn23)[C@@H]2OC(C)(C)O[C@@H]21. The Hall–Kier alpha value is -2.23. The van der Waals surface area contributed by atoms with Gasteiger partial charge in [0.25, 0.3) is 0 Å². The lowest BCUT2D eigenvalue weighted by Crippen LogP contribution is -2.39. The molecule has 9 nitrogen and oxygen atoms in total. The molecule has 2 aliphatic heterocycles. The minimum atomic E-state index is -0.872. The maximum atomic E-state index is 12.3. The van der Waals surface area contributed by atoms with Crippen molar-refractivity contribution in [3.8, 4) is 0 Å². The first-order chi connectivity index (χ1) is 15.2. The van der Waals surface area contributed by atoms with Gasteiger partial charge in [-0.25, -0.2) is 9.50 Å². The summed E-state index contributed by atoms with van der Waals surface area (Å²) in [4.78, 5) is 16.3. The van der Waals surface area contributed by atoms with Crippen LogP contribution < -0.4 is 5.73 Å². The molecule has 32 heavy (non-hydrogen) atoms. The monoisotopic (exact) mass is 446 g/mol. The quantitative estimate of drug-likeness (QED) is 0.461. The van der Waals surface area contributed by atoms with Crippen LogP contribution in [0.5, 0.6) is 0 Å². The Morgan fingerprint density at radius 2 is 1.94 bits per heavy atom. The minimum Gasteiger partial charge on any atom is -0.463 e. The standard InChI is InChI=1S/C23H34N4O5/c1-5-6-7-8-9-10-18(28)29-13-16-19-20(32-22(2,3)31-19)23(4,30-16)17-12-11-15-21(24)25-14-26-27(15)17/h11-12,14,16,19-20H,5-10,13H2,1-4H3,(H2,24,25,26)/t16-,19-,20-,23+/m1/s1. The third kappa shape index (κ3) is 4.33. The molecule has 2 saturated heterocycles.